The molecular weight excluding hydrogens is 444 g/mol. The highest BCUT2D eigenvalue weighted by molar-refractivity contribution is 9.09. The lowest BCUT2D eigenvalue weighted by molar-refractivity contribution is -0.0379. The number of nitrogens with two attached hydrogens (primary N) is 1. The van der Waals surface area contributed by atoms with Gasteiger partial charge < -0.3 is 5.73 Å². The van der Waals surface area contributed by atoms with Gasteiger partial charge in [-0.1, -0.05) is 54.5 Å². The van der Waals surface area contributed by atoms with Gasteiger partial charge in [-0.3, -0.25) is 4.90 Å². The predicted molar refractivity (Wildman–Crippen MR) is 136 cm³/mol. The van der Waals surface area contributed by atoms with Crippen molar-refractivity contribution in [1.29, 1.82) is 0 Å². The first-order valence-electron chi connectivity index (χ1n) is 14.4. The molecule has 0 heterocycles. The zero-order chi connectivity index (χ0) is 21.2. The minimum Gasteiger partial charge on any atom is -0.328 e. The molecule has 5 unspecified atom stereocenters. The zero-order valence-electron chi connectivity index (χ0n) is 20.0. The van der Waals surface area contributed by atoms with Gasteiger partial charge in [0.1, 0.15) is 0 Å². The van der Waals surface area contributed by atoms with E-state index in [2.05, 4.69) is 20.8 Å². The van der Waals surface area contributed by atoms with Crippen molar-refractivity contribution in [2.75, 3.05) is 0 Å². The summed E-state index contributed by atoms with van der Waals surface area (Å²) < 4.78 is 0. The predicted octanol–water partition coefficient (Wildman–Crippen LogP) is 7.43. The smallest absolute Gasteiger partial charge is 0.0160 e. The lowest BCUT2D eigenvalue weighted by Gasteiger charge is -2.54. The van der Waals surface area contributed by atoms with E-state index in [0.717, 1.165) is 46.6 Å². The minimum absolute atomic E-state index is 0.501. The molecule has 5 atom stereocenters. The normalized spacial score (nSPS) is 47.1. The third kappa shape index (κ3) is 5.40. The van der Waals surface area contributed by atoms with Crippen molar-refractivity contribution < 1.29 is 0 Å². The highest BCUT2D eigenvalue weighted by Gasteiger charge is 2.44. The van der Waals surface area contributed by atoms with Gasteiger partial charge in [-0.2, -0.15) is 0 Å². The van der Waals surface area contributed by atoms with E-state index in [0.29, 0.717) is 6.04 Å². The van der Waals surface area contributed by atoms with E-state index in [1.54, 1.807) is 0 Å². The molecule has 5 saturated carbocycles. The van der Waals surface area contributed by atoms with Gasteiger partial charge in [-0.25, -0.2) is 0 Å². The largest absolute Gasteiger partial charge is 0.328 e. The second kappa shape index (κ2) is 10.8. The first-order valence-corrected chi connectivity index (χ1v) is 15.3. The molecule has 31 heavy (non-hydrogen) atoms. The molecule has 2 nitrogen and oxygen atoms in total. The van der Waals surface area contributed by atoms with E-state index in [1.807, 2.05) is 0 Å². The Morgan fingerprint density at radius 1 is 0.548 bits per heavy atom. The van der Waals surface area contributed by atoms with Gasteiger partial charge in [0.15, 0.2) is 0 Å². The number of hydrogen-bond acceptors (Lipinski definition) is 2. The third-order valence-corrected chi connectivity index (χ3v) is 11.4. The summed E-state index contributed by atoms with van der Waals surface area (Å²) in [5.41, 5.74) is 6.21. The summed E-state index contributed by atoms with van der Waals surface area (Å²) >= 11 is 4.04. The summed E-state index contributed by atoms with van der Waals surface area (Å²) in [4.78, 5) is 3.99. The van der Waals surface area contributed by atoms with Gasteiger partial charge in [0, 0.05) is 29.0 Å². The topological polar surface area (TPSA) is 29.3 Å². The molecule has 3 heteroatoms. The maximum absolute atomic E-state index is 6.21. The summed E-state index contributed by atoms with van der Waals surface area (Å²) in [6.07, 6.45) is 27.8. The molecule has 5 fully saturated rings. The molecule has 0 saturated heterocycles. The summed E-state index contributed by atoms with van der Waals surface area (Å²) in [5, 5.41) is 0. The average molecular weight is 494 g/mol. The van der Waals surface area contributed by atoms with Gasteiger partial charge in [-0.05, 0) is 107 Å². The SMILES string of the molecule is NC1CCC(C2CCC(N(C3CCCC(Br)C3)C3CCCC4CCCCC43)CC2)CC1. The monoisotopic (exact) mass is 492 g/mol. The summed E-state index contributed by atoms with van der Waals surface area (Å²) in [5.74, 6) is 4.08. The maximum Gasteiger partial charge on any atom is 0.0160 e. The quantitative estimate of drug-likeness (QED) is 0.413. The van der Waals surface area contributed by atoms with Crippen LogP contribution in [0.2, 0.25) is 0 Å². The fraction of sp³-hybridized carbons (Fsp3) is 1.00. The molecule has 0 amide bonds. The highest BCUT2D eigenvalue weighted by Crippen LogP contribution is 2.47. The van der Waals surface area contributed by atoms with E-state index in [9.17, 15) is 0 Å². The van der Waals surface area contributed by atoms with E-state index >= 15 is 0 Å². The summed E-state index contributed by atoms with van der Waals surface area (Å²) in [7, 11) is 0. The second-order valence-corrected chi connectivity index (χ2v) is 13.6. The molecule has 5 rings (SSSR count). The van der Waals surface area contributed by atoms with Crippen molar-refractivity contribution in [2.24, 2.45) is 29.4 Å². The van der Waals surface area contributed by atoms with Crippen molar-refractivity contribution in [3.63, 3.8) is 0 Å². The Morgan fingerprint density at radius 3 is 1.94 bits per heavy atom. The summed E-state index contributed by atoms with van der Waals surface area (Å²) in [6.45, 7) is 0. The van der Waals surface area contributed by atoms with Crippen molar-refractivity contribution >= 4 is 15.9 Å². The molecule has 0 bridgehead atoms. The molecule has 0 aromatic heterocycles. The Kier molecular flexibility index (Phi) is 8.04. The molecule has 0 radical (unpaired) electrons. The molecule has 2 N–H and O–H groups in total. The molecule has 0 aromatic carbocycles. The molecule has 5 aliphatic rings. The maximum atomic E-state index is 6.21. The number of fused-ring (bicyclic) bond motifs is 1. The Hall–Kier alpha value is 0.400. The van der Waals surface area contributed by atoms with Crippen LogP contribution in [0, 0.1) is 23.7 Å². The first-order chi connectivity index (χ1) is 15.2. The second-order valence-electron chi connectivity index (χ2n) is 12.3. The van der Waals surface area contributed by atoms with Crippen LogP contribution in [-0.2, 0) is 0 Å². The van der Waals surface area contributed by atoms with Crippen molar-refractivity contribution in [3.8, 4) is 0 Å². The van der Waals surface area contributed by atoms with E-state index in [-0.39, 0.29) is 0 Å². The van der Waals surface area contributed by atoms with Gasteiger partial charge in [0.25, 0.3) is 0 Å². The molecule has 5 aliphatic carbocycles. The highest BCUT2D eigenvalue weighted by atomic mass is 79.9. The van der Waals surface area contributed by atoms with Crippen LogP contribution in [0.4, 0.5) is 0 Å². The van der Waals surface area contributed by atoms with Gasteiger partial charge >= 0.3 is 0 Å². The van der Waals surface area contributed by atoms with Crippen molar-refractivity contribution in [1.82, 2.24) is 4.90 Å². The van der Waals surface area contributed by atoms with Gasteiger partial charge in [0.05, 0.1) is 0 Å². The standard InChI is InChI=1S/C28H49BrN2/c29-23-7-4-8-26(19-23)31(28-10-3-6-22-5-1-2-9-27(22)28)25-17-13-21(14-18-25)20-11-15-24(30)16-12-20/h20-28H,1-19,30H2. The number of hydrogen-bond donors (Lipinski definition) is 1. The van der Waals surface area contributed by atoms with Crippen molar-refractivity contribution in [2.45, 2.75) is 151 Å². The summed E-state index contributed by atoms with van der Waals surface area (Å²) in [6, 6.07) is 3.16. The molecule has 0 aromatic rings. The van der Waals surface area contributed by atoms with E-state index < -0.39 is 0 Å². The van der Waals surface area contributed by atoms with Gasteiger partial charge in [-0.15, -0.1) is 0 Å². The Morgan fingerprint density at radius 2 is 1.19 bits per heavy atom. The van der Waals surface area contributed by atoms with Crippen LogP contribution in [0.15, 0.2) is 0 Å². The Labute approximate surface area is 201 Å². The Bertz CT molecular complexity index is 549. The average Bonchev–Trinajstić information content (AvgIpc) is 2.81. The first kappa shape index (κ1) is 23.2. The fourth-order valence-electron chi connectivity index (χ4n) is 8.98. The minimum atomic E-state index is 0.501. The van der Waals surface area contributed by atoms with Crippen LogP contribution in [0.3, 0.4) is 0 Å². The third-order valence-electron chi connectivity index (χ3n) is 10.6. The number of halogens is 1. The molecular formula is C28H49BrN2. The molecule has 0 spiro atoms. The molecule has 178 valence electrons. The van der Waals surface area contributed by atoms with Crippen LogP contribution in [0.1, 0.15) is 122 Å². The van der Waals surface area contributed by atoms with Crippen LogP contribution >= 0.6 is 15.9 Å². The lowest BCUT2D eigenvalue weighted by Crippen LogP contribution is -2.57. The van der Waals surface area contributed by atoms with E-state index in [4.69, 9.17) is 5.73 Å². The number of alkyl halides is 1. The lowest BCUT2D eigenvalue weighted by atomic mass is 9.66. The number of nitrogens with zero attached hydrogens (tertiary/aromatic N) is 1. The molecule has 0 aliphatic heterocycles. The van der Waals surface area contributed by atoms with Gasteiger partial charge in [0.2, 0.25) is 0 Å². The van der Waals surface area contributed by atoms with Crippen LogP contribution < -0.4 is 5.73 Å². The van der Waals surface area contributed by atoms with Crippen LogP contribution in [0.5, 0.6) is 0 Å². The zero-order valence-corrected chi connectivity index (χ0v) is 21.6. The van der Waals surface area contributed by atoms with Crippen molar-refractivity contribution in [3.05, 3.63) is 0 Å². The number of rotatable bonds is 4. The van der Waals surface area contributed by atoms with Crippen LogP contribution in [-0.4, -0.2) is 33.9 Å². The Balaban J connectivity index is 1.28. The van der Waals surface area contributed by atoms with E-state index in [1.165, 1.54) is 122 Å². The fourth-order valence-corrected chi connectivity index (χ4v) is 9.73. The van der Waals surface area contributed by atoms with Crippen LogP contribution in [0.25, 0.3) is 0 Å².